The molecule has 0 unspecified atom stereocenters. The molecule has 0 saturated carbocycles. The predicted molar refractivity (Wildman–Crippen MR) is 170 cm³/mol. The van der Waals surface area contributed by atoms with Gasteiger partial charge in [0.25, 0.3) is 17.1 Å². The Hall–Kier alpha value is -4.29. The molecular formula is C31H30BrN3O7S. The van der Waals surface area contributed by atoms with Gasteiger partial charge in [0.1, 0.15) is 12.3 Å². The molecule has 0 aliphatic carbocycles. The van der Waals surface area contributed by atoms with Crippen LogP contribution in [0.15, 0.2) is 70.0 Å². The predicted octanol–water partition coefficient (Wildman–Crippen LogP) is 6.25. The van der Waals surface area contributed by atoms with E-state index in [-0.39, 0.29) is 17.4 Å². The summed E-state index contributed by atoms with van der Waals surface area (Å²) >= 11 is 4.20. The molecule has 10 nitrogen and oxygen atoms in total. The summed E-state index contributed by atoms with van der Waals surface area (Å²) in [4.78, 5) is 51.7. The molecule has 3 aromatic carbocycles. The summed E-state index contributed by atoms with van der Waals surface area (Å²) in [6, 6.07) is 17.5. The number of aryl methyl sites for hydroxylation is 1. The molecule has 0 radical (unpaired) electrons. The van der Waals surface area contributed by atoms with Gasteiger partial charge in [-0.2, -0.15) is 0 Å². The zero-order chi connectivity index (χ0) is 30.9. The van der Waals surface area contributed by atoms with Crippen LogP contribution in [0.25, 0.3) is 6.08 Å². The lowest BCUT2D eigenvalue weighted by Gasteiger charge is -2.15. The molecule has 224 valence electrons. The first-order chi connectivity index (χ1) is 20.7. The number of anilines is 2. The fraction of sp³-hybridized carbons (Fsp3) is 0.226. The van der Waals surface area contributed by atoms with E-state index in [1.54, 1.807) is 55.5 Å². The second kappa shape index (κ2) is 14.7. The van der Waals surface area contributed by atoms with Gasteiger partial charge in [0.15, 0.2) is 18.1 Å². The van der Waals surface area contributed by atoms with Crippen molar-refractivity contribution >= 4 is 68.1 Å². The summed E-state index contributed by atoms with van der Waals surface area (Å²) in [6.45, 7) is 5.79. The second-order valence-electron chi connectivity index (χ2n) is 9.24. The average Bonchev–Trinajstić information content (AvgIpc) is 3.22. The monoisotopic (exact) mass is 667 g/mol. The molecule has 2 N–H and O–H groups in total. The molecule has 4 amide bonds. The molecule has 1 heterocycles. The van der Waals surface area contributed by atoms with Gasteiger partial charge in [0, 0.05) is 11.4 Å². The maximum atomic E-state index is 13.0. The number of nitrogens with one attached hydrogen (secondary N) is 2. The number of rotatable bonds is 12. The first kappa shape index (κ1) is 31.6. The molecule has 1 aliphatic rings. The van der Waals surface area contributed by atoms with Crippen LogP contribution in [0.4, 0.5) is 16.2 Å². The number of hydrogen-bond acceptors (Lipinski definition) is 8. The minimum Gasteiger partial charge on any atom is -0.494 e. The first-order valence-electron chi connectivity index (χ1n) is 13.4. The van der Waals surface area contributed by atoms with E-state index in [0.717, 1.165) is 22.2 Å². The zero-order valence-electron chi connectivity index (χ0n) is 23.8. The number of carbonyl (C=O) groups is 4. The zero-order valence-corrected chi connectivity index (χ0v) is 26.2. The van der Waals surface area contributed by atoms with E-state index in [9.17, 15) is 19.2 Å². The molecule has 1 saturated heterocycles. The number of nitrogens with zero attached hydrogens (tertiary/aromatic N) is 1. The molecule has 4 rings (SSSR count). The molecule has 43 heavy (non-hydrogen) atoms. The van der Waals surface area contributed by atoms with E-state index in [4.69, 9.17) is 14.2 Å². The van der Waals surface area contributed by atoms with Crippen molar-refractivity contribution in [2.75, 3.05) is 37.0 Å². The molecule has 1 fully saturated rings. The van der Waals surface area contributed by atoms with Crippen LogP contribution in [-0.2, 0) is 14.4 Å². The van der Waals surface area contributed by atoms with E-state index < -0.39 is 23.6 Å². The molecule has 1 aliphatic heterocycles. The highest BCUT2D eigenvalue weighted by molar-refractivity contribution is 9.10. The van der Waals surface area contributed by atoms with Crippen molar-refractivity contribution in [3.8, 4) is 17.2 Å². The molecular weight excluding hydrogens is 638 g/mol. The lowest BCUT2D eigenvalue weighted by Crippen LogP contribution is -2.36. The van der Waals surface area contributed by atoms with Crippen molar-refractivity contribution in [1.29, 1.82) is 0 Å². The SMILES string of the molecule is CCOc1ccc(NC(=O)CN2C(=O)S/C(=C/c3cc(Br)c(OCC(=O)Nc4ccc(C)cc4)c(OCC)c3)C2=O)cc1. The number of imide groups is 1. The summed E-state index contributed by atoms with van der Waals surface area (Å²) in [5.41, 5.74) is 2.80. The highest BCUT2D eigenvalue weighted by Crippen LogP contribution is 2.39. The third-order valence-corrected chi connectivity index (χ3v) is 7.43. The van der Waals surface area contributed by atoms with E-state index in [1.165, 1.54) is 6.08 Å². The maximum Gasteiger partial charge on any atom is 0.294 e. The topological polar surface area (TPSA) is 123 Å². The van der Waals surface area contributed by atoms with Crippen LogP contribution in [-0.4, -0.2) is 54.2 Å². The fourth-order valence-electron chi connectivity index (χ4n) is 3.98. The smallest absolute Gasteiger partial charge is 0.294 e. The maximum absolute atomic E-state index is 13.0. The molecule has 0 aromatic heterocycles. The van der Waals surface area contributed by atoms with Gasteiger partial charge in [-0.1, -0.05) is 17.7 Å². The minimum absolute atomic E-state index is 0.152. The highest BCUT2D eigenvalue weighted by Gasteiger charge is 2.36. The van der Waals surface area contributed by atoms with E-state index in [0.29, 0.717) is 51.9 Å². The number of thioether (sulfide) groups is 1. The summed E-state index contributed by atoms with van der Waals surface area (Å²) in [7, 11) is 0. The minimum atomic E-state index is -0.584. The van der Waals surface area contributed by atoms with Crippen molar-refractivity contribution in [2.24, 2.45) is 0 Å². The Balaban J connectivity index is 1.41. The van der Waals surface area contributed by atoms with Crippen LogP contribution >= 0.6 is 27.7 Å². The van der Waals surface area contributed by atoms with Gasteiger partial charge in [-0.25, -0.2) is 0 Å². The number of ether oxygens (including phenoxy) is 3. The molecule has 0 atom stereocenters. The number of halogens is 1. The van der Waals surface area contributed by atoms with Crippen molar-refractivity contribution in [3.05, 3.63) is 81.2 Å². The third kappa shape index (κ3) is 8.62. The molecule has 0 bridgehead atoms. The van der Waals surface area contributed by atoms with Crippen LogP contribution in [0.2, 0.25) is 0 Å². The van der Waals surface area contributed by atoms with E-state index >= 15 is 0 Å². The average molecular weight is 669 g/mol. The largest absolute Gasteiger partial charge is 0.494 e. The van der Waals surface area contributed by atoms with Gasteiger partial charge in [-0.05, 0) is 109 Å². The Bertz CT molecular complexity index is 1540. The highest BCUT2D eigenvalue weighted by atomic mass is 79.9. The fourth-order valence-corrected chi connectivity index (χ4v) is 5.39. The normalized spacial score (nSPS) is 13.7. The number of carbonyl (C=O) groups excluding carboxylic acids is 4. The van der Waals surface area contributed by atoms with Gasteiger partial charge >= 0.3 is 0 Å². The Kier molecular flexibility index (Phi) is 10.8. The third-order valence-electron chi connectivity index (χ3n) is 5.94. The number of amides is 4. The van der Waals surface area contributed by atoms with Gasteiger partial charge in [0.2, 0.25) is 5.91 Å². The van der Waals surface area contributed by atoms with Crippen LogP contribution in [0.5, 0.6) is 17.2 Å². The van der Waals surface area contributed by atoms with Crippen LogP contribution in [0.1, 0.15) is 25.0 Å². The van der Waals surface area contributed by atoms with Crippen LogP contribution in [0, 0.1) is 6.92 Å². The standard InChI is InChI=1S/C31H30BrN3O7S/c1-4-40-23-12-10-22(11-13-23)33-27(36)17-35-30(38)26(43-31(35)39)16-20-14-24(32)29(25(15-20)41-5-2)42-18-28(37)34-21-8-6-19(3)7-9-21/h6-16H,4-5,17-18H2,1-3H3,(H,33,36)(H,34,37)/b26-16+. The van der Waals surface area contributed by atoms with Crippen LogP contribution < -0.4 is 24.8 Å². The number of hydrogen-bond donors (Lipinski definition) is 2. The summed E-state index contributed by atoms with van der Waals surface area (Å²) in [5.74, 6) is -0.111. The second-order valence-corrected chi connectivity index (χ2v) is 11.1. The lowest BCUT2D eigenvalue weighted by atomic mass is 10.2. The summed E-state index contributed by atoms with van der Waals surface area (Å²) < 4.78 is 17.4. The Labute approximate surface area is 261 Å². The Morgan fingerprint density at radius 1 is 0.884 bits per heavy atom. The summed E-state index contributed by atoms with van der Waals surface area (Å²) in [6.07, 6.45) is 1.54. The van der Waals surface area contributed by atoms with Gasteiger partial charge in [-0.15, -0.1) is 0 Å². The van der Waals surface area contributed by atoms with Gasteiger partial charge in [-0.3, -0.25) is 24.1 Å². The first-order valence-corrected chi connectivity index (χ1v) is 15.0. The van der Waals surface area contributed by atoms with Crippen molar-refractivity contribution in [3.63, 3.8) is 0 Å². The van der Waals surface area contributed by atoms with Crippen molar-refractivity contribution in [2.45, 2.75) is 20.8 Å². The Morgan fingerprint density at radius 2 is 1.51 bits per heavy atom. The van der Waals surface area contributed by atoms with Gasteiger partial charge in [0.05, 0.1) is 22.6 Å². The molecule has 3 aromatic rings. The van der Waals surface area contributed by atoms with Crippen LogP contribution in [0.3, 0.4) is 0 Å². The van der Waals surface area contributed by atoms with E-state index in [2.05, 4.69) is 26.6 Å². The van der Waals surface area contributed by atoms with Crippen molar-refractivity contribution in [1.82, 2.24) is 4.90 Å². The summed E-state index contributed by atoms with van der Waals surface area (Å²) in [5, 5.41) is 4.90. The van der Waals surface area contributed by atoms with E-state index in [1.807, 2.05) is 26.0 Å². The van der Waals surface area contributed by atoms with Crippen molar-refractivity contribution < 1.29 is 33.4 Å². The quantitative estimate of drug-likeness (QED) is 0.217. The van der Waals surface area contributed by atoms with Gasteiger partial charge < -0.3 is 24.8 Å². The Morgan fingerprint density at radius 3 is 2.16 bits per heavy atom. The lowest BCUT2D eigenvalue weighted by molar-refractivity contribution is -0.127. The molecule has 0 spiro atoms. The number of benzene rings is 3. The molecule has 12 heteroatoms.